The number of para-hydroxylation sites is 2. The van der Waals surface area contributed by atoms with E-state index in [9.17, 15) is 26.3 Å². The Hall–Kier alpha value is -3.60. The van der Waals surface area contributed by atoms with Gasteiger partial charge in [-0.3, -0.25) is 0 Å². The molecule has 11 heteroatoms. The van der Waals surface area contributed by atoms with Crippen molar-refractivity contribution in [3.63, 3.8) is 0 Å². The second-order valence-electron chi connectivity index (χ2n) is 7.77. The minimum Gasteiger partial charge on any atom is -0.352 e. The van der Waals surface area contributed by atoms with Crippen LogP contribution >= 0.6 is 12.2 Å². The van der Waals surface area contributed by atoms with E-state index < -0.39 is 35.2 Å². The van der Waals surface area contributed by atoms with Crippen LogP contribution in [-0.4, -0.2) is 15.1 Å². The molecule has 0 saturated heterocycles. The van der Waals surface area contributed by atoms with Crippen molar-refractivity contribution in [2.45, 2.75) is 24.8 Å². The van der Waals surface area contributed by atoms with E-state index in [1.807, 2.05) is 54.6 Å². The van der Waals surface area contributed by atoms with E-state index >= 15 is 0 Å². The van der Waals surface area contributed by atoms with Crippen LogP contribution in [0.3, 0.4) is 0 Å². The molecule has 0 spiro atoms. The number of aromatic amines is 1. The van der Waals surface area contributed by atoms with Gasteiger partial charge in [0.1, 0.15) is 5.82 Å². The summed E-state index contributed by atoms with van der Waals surface area (Å²) in [5.41, 5.74) is -0.909. The molecule has 0 unspecified atom stereocenters. The van der Waals surface area contributed by atoms with Gasteiger partial charge >= 0.3 is 12.4 Å². The summed E-state index contributed by atoms with van der Waals surface area (Å²) >= 11 is 5.26. The zero-order chi connectivity index (χ0) is 25.2. The zero-order valence-electron chi connectivity index (χ0n) is 17.8. The van der Waals surface area contributed by atoms with Crippen LogP contribution in [-0.2, 0) is 18.8 Å². The summed E-state index contributed by atoms with van der Waals surface area (Å²) in [6, 6.07) is 17.3. The first kappa shape index (κ1) is 24.5. The molecule has 35 heavy (non-hydrogen) atoms. The molecule has 0 fully saturated rings. The molecule has 0 saturated carbocycles. The van der Waals surface area contributed by atoms with Crippen molar-refractivity contribution < 1.29 is 26.3 Å². The minimum atomic E-state index is -4.96. The third kappa shape index (κ3) is 6.10. The number of alkyl halides is 6. The number of fused-ring (bicyclic) bond motifs is 1. The zero-order valence-corrected chi connectivity index (χ0v) is 18.7. The highest BCUT2D eigenvalue weighted by Gasteiger charge is 2.37. The highest BCUT2D eigenvalue weighted by molar-refractivity contribution is 7.80. The lowest BCUT2D eigenvalue weighted by atomic mass is 10.1. The number of aromatic nitrogens is 2. The van der Waals surface area contributed by atoms with Crippen LogP contribution in [0.25, 0.3) is 11.0 Å². The Morgan fingerprint density at radius 1 is 0.857 bits per heavy atom. The molecule has 4 rings (SSSR count). The van der Waals surface area contributed by atoms with Gasteiger partial charge in [0.05, 0.1) is 28.2 Å². The summed E-state index contributed by atoms with van der Waals surface area (Å²) in [5.74, 6) is 0.513. The predicted molar refractivity (Wildman–Crippen MR) is 125 cm³/mol. The summed E-state index contributed by atoms with van der Waals surface area (Å²) in [5, 5.41) is 5.28. The predicted octanol–water partition coefficient (Wildman–Crippen LogP) is 6.87. The van der Waals surface area contributed by atoms with Crippen molar-refractivity contribution in [1.82, 2.24) is 15.3 Å². The van der Waals surface area contributed by atoms with Crippen LogP contribution in [0.15, 0.2) is 72.8 Å². The Labute approximate surface area is 201 Å². The van der Waals surface area contributed by atoms with Gasteiger partial charge in [-0.05, 0) is 54.5 Å². The molecule has 1 atom stereocenters. The molecule has 1 heterocycles. The van der Waals surface area contributed by atoms with Crippen molar-refractivity contribution in [3.8, 4) is 0 Å². The Balaban J connectivity index is 1.62. The number of halogens is 6. The van der Waals surface area contributed by atoms with Gasteiger partial charge in [0.25, 0.3) is 0 Å². The number of nitrogens with zero attached hydrogens (tertiary/aromatic N) is 1. The number of benzene rings is 3. The Morgan fingerprint density at radius 3 is 2.06 bits per heavy atom. The average Bonchev–Trinajstić information content (AvgIpc) is 3.22. The second kappa shape index (κ2) is 9.57. The lowest BCUT2D eigenvalue weighted by Gasteiger charge is -2.20. The average molecular weight is 508 g/mol. The van der Waals surface area contributed by atoms with Crippen LogP contribution in [0, 0.1) is 0 Å². The third-order valence-electron chi connectivity index (χ3n) is 5.17. The molecule has 182 valence electrons. The fourth-order valence-corrected chi connectivity index (χ4v) is 3.82. The van der Waals surface area contributed by atoms with Gasteiger partial charge in [0.2, 0.25) is 0 Å². The SMILES string of the molecule is FC(F)(F)c1cc(NC(=S)N[C@H](Cc2ccccc2)c2nc3ccccc3[nH]2)cc(C(F)(F)F)c1. The van der Waals surface area contributed by atoms with E-state index in [1.54, 1.807) is 0 Å². The maximum Gasteiger partial charge on any atom is 0.416 e. The van der Waals surface area contributed by atoms with Crippen LogP contribution in [0.1, 0.15) is 28.6 Å². The standard InChI is InChI=1S/C24H18F6N4S/c25-23(26,27)15-11-16(24(28,29)30)13-17(12-15)31-22(35)34-20(10-14-6-2-1-3-7-14)21-32-18-8-4-5-9-19(18)33-21/h1-9,11-13,20H,10H2,(H,32,33)(H2,31,34,35)/t20-/m1/s1. The first-order valence-electron chi connectivity index (χ1n) is 10.3. The van der Waals surface area contributed by atoms with E-state index in [0.29, 0.717) is 29.9 Å². The molecule has 0 bridgehead atoms. The maximum absolute atomic E-state index is 13.2. The molecule has 0 aliphatic carbocycles. The summed E-state index contributed by atoms with van der Waals surface area (Å²) in [4.78, 5) is 7.74. The summed E-state index contributed by atoms with van der Waals surface area (Å²) in [6.07, 6.45) is -9.52. The highest BCUT2D eigenvalue weighted by atomic mass is 32.1. The molecule has 4 aromatic rings. The molecule has 0 aliphatic heterocycles. The van der Waals surface area contributed by atoms with Gasteiger partial charge in [-0.1, -0.05) is 42.5 Å². The van der Waals surface area contributed by atoms with Crippen LogP contribution < -0.4 is 10.6 Å². The number of imidazole rings is 1. The largest absolute Gasteiger partial charge is 0.416 e. The van der Waals surface area contributed by atoms with E-state index in [0.717, 1.165) is 11.1 Å². The topological polar surface area (TPSA) is 52.7 Å². The molecular weight excluding hydrogens is 490 g/mol. The number of rotatable bonds is 5. The highest BCUT2D eigenvalue weighted by Crippen LogP contribution is 2.37. The van der Waals surface area contributed by atoms with Crippen molar-refractivity contribution in [2.24, 2.45) is 0 Å². The van der Waals surface area contributed by atoms with Gasteiger partial charge < -0.3 is 15.6 Å². The summed E-state index contributed by atoms with van der Waals surface area (Å²) in [6.45, 7) is 0. The van der Waals surface area contributed by atoms with Crippen LogP contribution in [0.5, 0.6) is 0 Å². The second-order valence-corrected chi connectivity index (χ2v) is 8.18. The van der Waals surface area contributed by atoms with Gasteiger partial charge in [0, 0.05) is 5.69 Å². The van der Waals surface area contributed by atoms with Crippen molar-refractivity contribution in [2.75, 3.05) is 5.32 Å². The quantitative estimate of drug-likeness (QED) is 0.203. The lowest BCUT2D eigenvalue weighted by molar-refractivity contribution is -0.143. The Morgan fingerprint density at radius 2 is 1.46 bits per heavy atom. The van der Waals surface area contributed by atoms with E-state index in [2.05, 4.69) is 20.6 Å². The Kier molecular flexibility index (Phi) is 6.70. The summed E-state index contributed by atoms with van der Waals surface area (Å²) in [7, 11) is 0. The molecule has 0 radical (unpaired) electrons. The van der Waals surface area contributed by atoms with Crippen LogP contribution in [0.4, 0.5) is 32.0 Å². The van der Waals surface area contributed by atoms with E-state index in [-0.39, 0.29) is 11.2 Å². The first-order valence-corrected chi connectivity index (χ1v) is 10.8. The number of thiocarbonyl (C=S) groups is 1. The van der Waals surface area contributed by atoms with Crippen molar-refractivity contribution in [1.29, 1.82) is 0 Å². The number of anilines is 1. The van der Waals surface area contributed by atoms with E-state index in [1.165, 1.54) is 0 Å². The molecule has 3 aromatic carbocycles. The Bertz CT molecular complexity index is 1270. The fourth-order valence-electron chi connectivity index (χ4n) is 3.56. The normalized spacial score (nSPS) is 13.0. The van der Waals surface area contributed by atoms with Gasteiger partial charge in [0.15, 0.2) is 5.11 Å². The monoisotopic (exact) mass is 508 g/mol. The molecular formula is C24H18F6N4S. The fraction of sp³-hybridized carbons (Fsp3) is 0.167. The smallest absolute Gasteiger partial charge is 0.352 e. The first-order chi connectivity index (χ1) is 16.5. The maximum atomic E-state index is 13.2. The number of nitrogens with one attached hydrogen (secondary N) is 3. The van der Waals surface area contributed by atoms with Crippen molar-refractivity contribution in [3.05, 3.63) is 95.3 Å². The minimum absolute atomic E-state index is 0.0638. The van der Waals surface area contributed by atoms with Crippen LogP contribution in [0.2, 0.25) is 0 Å². The molecule has 0 amide bonds. The molecule has 4 nitrogen and oxygen atoms in total. The number of H-pyrrole nitrogens is 1. The van der Waals surface area contributed by atoms with Gasteiger partial charge in [-0.2, -0.15) is 26.3 Å². The molecule has 1 aromatic heterocycles. The summed E-state index contributed by atoms with van der Waals surface area (Å²) < 4.78 is 79.2. The van der Waals surface area contributed by atoms with E-state index in [4.69, 9.17) is 12.2 Å². The molecule has 0 aliphatic rings. The number of hydrogen-bond donors (Lipinski definition) is 3. The van der Waals surface area contributed by atoms with Gasteiger partial charge in [-0.15, -0.1) is 0 Å². The third-order valence-corrected chi connectivity index (χ3v) is 5.39. The lowest BCUT2D eigenvalue weighted by Crippen LogP contribution is -2.34. The van der Waals surface area contributed by atoms with Crippen molar-refractivity contribution >= 4 is 34.1 Å². The number of hydrogen-bond acceptors (Lipinski definition) is 2. The van der Waals surface area contributed by atoms with Gasteiger partial charge in [-0.25, -0.2) is 4.98 Å². The molecule has 3 N–H and O–H groups in total.